The van der Waals surface area contributed by atoms with Crippen molar-refractivity contribution in [2.75, 3.05) is 0 Å². The van der Waals surface area contributed by atoms with E-state index in [1.807, 2.05) is 0 Å². The van der Waals surface area contributed by atoms with Crippen LogP contribution in [0.1, 0.15) is 54.9 Å². The molecule has 0 heterocycles. The summed E-state index contributed by atoms with van der Waals surface area (Å²) in [6.07, 6.45) is 0.215. The molecule has 0 radical (unpaired) electrons. The summed E-state index contributed by atoms with van der Waals surface area (Å²) in [5.41, 5.74) is 2.38. The van der Waals surface area contributed by atoms with Crippen molar-refractivity contribution in [3.8, 4) is 0 Å². The second-order valence-electron chi connectivity index (χ2n) is 6.40. The number of rotatable bonds is 2. The summed E-state index contributed by atoms with van der Waals surface area (Å²) < 4.78 is 0. The summed E-state index contributed by atoms with van der Waals surface area (Å²) in [4.78, 5) is 11.1. The van der Waals surface area contributed by atoms with Gasteiger partial charge in [-0.25, -0.2) is 0 Å². The predicted octanol–water partition coefficient (Wildman–Crippen LogP) is 3.87. The molecule has 1 atom stereocenters. The number of carboxylic acids is 1. The first kappa shape index (κ1) is 13.3. The molecule has 2 nitrogen and oxygen atoms in total. The van der Waals surface area contributed by atoms with E-state index in [2.05, 4.69) is 48.5 Å². The molecule has 0 saturated heterocycles. The van der Waals surface area contributed by atoms with E-state index in [0.717, 1.165) is 0 Å². The first-order valence-electron chi connectivity index (χ1n) is 5.88. The minimum atomic E-state index is -0.708. The van der Waals surface area contributed by atoms with Crippen molar-refractivity contribution in [3.63, 3.8) is 0 Å². The number of hydrogen-bond donors (Lipinski definition) is 1. The zero-order valence-corrected chi connectivity index (χ0v) is 11.6. The Morgan fingerprint density at radius 1 is 1.06 bits per heavy atom. The van der Waals surface area contributed by atoms with Gasteiger partial charge in [-0.2, -0.15) is 0 Å². The van der Waals surface area contributed by atoms with Gasteiger partial charge in [0.15, 0.2) is 0 Å². The van der Waals surface area contributed by atoms with Crippen LogP contribution in [0.15, 0.2) is 11.1 Å². The largest absolute Gasteiger partial charge is 0.481 e. The van der Waals surface area contributed by atoms with Gasteiger partial charge < -0.3 is 5.11 Å². The fourth-order valence-electron chi connectivity index (χ4n) is 3.17. The van der Waals surface area contributed by atoms with Crippen LogP contribution in [0.3, 0.4) is 0 Å². The molecule has 0 spiro atoms. The highest BCUT2D eigenvalue weighted by Gasteiger charge is 2.58. The molecule has 0 saturated carbocycles. The summed E-state index contributed by atoms with van der Waals surface area (Å²) in [7, 11) is 0. The molecule has 0 aliphatic heterocycles. The Bertz CT molecular complexity index is 361. The molecule has 92 valence electrons. The van der Waals surface area contributed by atoms with Crippen LogP contribution in [0.4, 0.5) is 0 Å². The van der Waals surface area contributed by atoms with Gasteiger partial charge in [0.2, 0.25) is 0 Å². The van der Waals surface area contributed by atoms with Crippen LogP contribution in [0.25, 0.3) is 0 Å². The van der Waals surface area contributed by atoms with E-state index in [0.29, 0.717) is 0 Å². The van der Waals surface area contributed by atoms with Crippen LogP contribution >= 0.6 is 0 Å². The smallest absolute Gasteiger partial charge is 0.304 e. The second-order valence-corrected chi connectivity index (χ2v) is 6.40. The van der Waals surface area contributed by atoms with Crippen LogP contribution in [0.2, 0.25) is 0 Å². The third-order valence-electron chi connectivity index (χ3n) is 5.77. The van der Waals surface area contributed by atoms with Crippen LogP contribution < -0.4 is 0 Å². The zero-order chi connectivity index (χ0) is 12.9. The molecule has 1 unspecified atom stereocenters. The van der Waals surface area contributed by atoms with Gasteiger partial charge in [0.1, 0.15) is 0 Å². The third-order valence-corrected chi connectivity index (χ3v) is 5.77. The molecule has 0 bridgehead atoms. The highest BCUT2D eigenvalue weighted by molar-refractivity contribution is 5.69. The number of carbonyl (C=O) groups is 1. The highest BCUT2D eigenvalue weighted by atomic mass is 16.4. The number of aliphatic carboxylic acids is 1. The van der Waals surface area contributed by atoms with Crippen LogP contribution in [-0.4, -0.2) is 11.1 Å². The van der Waals surface area contributed by atoms with E-state index >= 15 is 0 Å². The first-order chi connectivity index (χ1) is 6.98. The Kier molecular flexibility index (Phi) is 2.78. The van der Waals surface area contributed by atoms with E-state index in [9.17, 15) is 4.79 Å². The SMILES string of the molecule is CC1=C(C)C(C)(CC(=O)O)C(C)(C)C1(C)C. The fourth-order valence-corrected chi connectivity index (χ4v) is 3.17. The quantitative estimate of drug-likeness (QED) is 0.723. The van der Waals surface area contributed by atoms with Crippen molar-refractivity contribution in [1.82, 2.24) is 0 Å². The molecule has 2 heteroatoms. The zero-order valence-electron chi connectivity index (χ0n) is 11.6. The molecular formula is C14H24O2. The van der Waals surface area contributed by atoms with Crippen molar-refractivity contribution < 1.29 is 9.90 Å². The first-order valence-corrected chi connectivity index (χ1v) is 5.88. The van der Waals surface area contributed by atoms with Crippen LogP contribution in [-0.2, 0) is 4.79 Å². The van der Waals surface area contributed by atoms with Crippen LogP contribution in [0.5, 0.6) is 0 Å². The van der Waals surface area contributed by atoms with Crippen molar-refractivity contribution >= 4 is 5.97 Å². The molecule has 0 fully saturated rings. The summed E-state index contributed by atoms with van der Waals surface area (Å²) in [6, 6.07) is 0. The van der Waals surface area contributed by atoms with Crippen molar-refractivity contribution in [2.45, 2.75) is 54.9 Å². The second kappa shape index (κ2) is 3.35. The lowest BCUT2D eigenvalue weighted by Crippen LogP contribution is -2.42. The number of hydrogen-bond acceptors (Lipinski definition) is 1. The lowest BCUT2D eigenvalue weighted by molar-refractivity contribution is -0.141. The maximum Gasteiger partial charge on any atom is 0.304 e. The minimum Gasteiger partial charge on any atom is -0.481 e. The average molecular weight is 224 g/mol. The van der Waals surface area contributed by atoms with Gasteiger partial charge >= 0.3 is 5.97 Å². The molecule has 1 N–H and O–H groups in total. The topological polar surface area (TPSA) is 37.3 Å². The van der Waals surface area contributed by atoms with Gasteiger partial charge in [0, 0.05) is 5.41 Å². The van der Waals surface area contributed by atoms with Crippen LogP contribution in [0, 0.1) is 16.2 Å². The van der Waals surface area contributed by atoms with Gasteiger partial charge in [-0.1, -0.05) is 45.8 Å². The molecule has 1 rings (SSSR count). The average Bonchev–Trinajstić information content (AvgIpc) is 2.19. The Labute approximate surface area is 98.7 Å². The van der Waals surface area contributed by atoms with Gasteiger partial charge in [-0.15, -0.1) is 0 Å². The van der Waals surface area contributed by atoms with E-state index < -0.39 is 5.97 Å². The van der Waals surface area contributed by atoms with Gasteiger partial charge in [0.05, 0.1) is 6.42 Å². The Morgan fingerprint density at radius 3 is 1.75 bits per heavy atom. The van der Waals surface area contributed by atoms with E-state index in [1.54, 1.807) is 0 Å². The normalized spacial score (nSPS) is 31.9. The molecule has 0 aromatic carbocycles. The maximum atomic E-state index is 11.1. The molecule has 0 aromatic heterocycles. The Morgan fingerprint density at radius 2 is 1.50 bits per heavy atom. The molecular weight excluding hydrogens is 200 g/mol. The third kappa shape index (κ3) is 1.35. The summed E-state index contributed by atoms with van der Waals surface area (Å²) in [5, 5.41) is 9.12. The van der Waals surface area contributed by atoms with Gasteiger partial charge in [-0.05, 0) is 24.7 Å². The molecule has 0 amide bonds. The molecule has 1 aliphatic rings. The minimum absolute atomic E-state index is 0.0352. The molecule has 16 heavy (non-hydrogen) atoms. The monoisotopic (exact) mass is 224 g/mol. The molecule has 0 aromatic rings. The van der Waals surface area contributed by atoms with E-state index in [4.69, 9.17) is 5.11 Å². The van der Waals surface area contributed by atoms with E-state index in [-0.39, 0.29) is 22.7 Å². The van der Waals surface area contributed by atoms with Gasteiger partial charge in [-0.3, -0.25) is 4.79 Å². The fraction of sp³-hybridized carbons (Fsp3) is 0.786. The standard InChI is InChI=1S/C14H24O2/c1-9-10(2)14(7,8-11(15)16)13(5,6)12(9,3)4/h8H2,1-7H3,(H,15,16). The lowest BCUT2D eigenvalue weighted by atomic mass is 9.56. The summed E-state index contributed by atoms with van der Waals surface area (Å²) >= 11 is 0. The Hall–Kier alpha value is -0.790. The van der Waals surface area contributed by atoms with Crippen molar-refractivity contribution in [3.05, 3.63) is 11.1 Å². The summed E-state index contributed by atoms with van der Waals surface area (Å²) in [6.45, 7) is 15.2. The maximum absolute atomic E-state index is 11.1. The summed E-state index contributed by atoms with van der Waals surface area (Å²) in [5.74, 6) is -0.708. The van der Waals surface area contributed by atoms with Crippen molar-refractivity contribution in [1.29, 1.82) is 0 Å². The highest BCUT2D eigenvalue weighted by Crippen LogP contribution is 2.65. The number of carboxylic acid groups (broad SMARTS) is 1. The molecule has 1 aliphatic carbocycles. The van der Waals surface area contributed by atoms with Gasteiger partial charge in [0.25, 0.3) is 0 Å². The number of allylic oxidation sites excluding steroid dienone is 2. The van der Waals surface area contributed by atoms with E-state index in [1.165, 1.54) is 11.1 Å². The van der Waals surface area contributed by atoms with Crippen molar-refractivity contribution in [2.24, 2.45) is 16.2 Å². The predicted molar refractivity (Wildman–Crippen MR) is 66.3 cm³/mol. The Balaban J connectivity index is 3.37. The lowest BCUT2D eigenvalue weighted by Gasteiger charge is -2.47.